The van der Waals surface area contributed by atoms with Crippen LogP contribution in [0, 0.1) is 0 Å². The standard InChI is InChI=1S/C19H17ClN2O/c1-2-3-4-12-22-18-15(6-5-11-21-18)13-17(19(22)23)14-7-9-16(20)10-8-14/h2-3,5-11,13H,4,12H2,1H3. The van der Waals surface area contributed by atoms with E-state index in [4.69, 9.17) is 11.6 Å². The zero-order chi connectivity index (χ0) is 16.2. The molecule has 0 radical (unpaired) electrons. The SMILES string of the molecule is CC=CCCn1c(=O)c(-c2ccc(Cl)cc2)cc2cccnc21. The van der Waals surface area contributed by atoms with Gasteiger partial charge >= 0.3 is 0 Å². The van der Waals surface area contributed by atoms with Crippen LogP contribution in [0.3, 0.4) is 0 Å². The van der Waals surface area contributed by atoms with E-state index in [0.717, 1.165) is 23.0 Å². The molecule has 23 heavy (non-hydrogen) atoms. The third kappa shape index (κ3) is 3.20. The Morgan fingerprint density at radius 3 is 2.74 bits per heavy atom. The minimum absolute atomic E-state index is 0.0250. The Hall–Kier alpha value is -2.39. The van der Waals surface area contributed by atoms with Gasteiger partial charge in [-0.1, -0.05) is 35.9 Å². The van der Waals surface area contributed by atoms with Crippen molar-refractivity contribution >= 4 is 22.6 Å². The molecule has 0 N–H and O–H groups in total. The van der Waals surface area contributed by atoms with Crippen molar-refractivity contribution in [1.29, 1.82) is 0 Å². The van der Waals surface area contributed by atoms with E-state index in [1.54, 1.807) is 22.9 Å². The summed E-state index contributed by atoms with van der Waals surface area (Å²) in [7, 11) is 0. The Balaban J connectivity index is 2.20. The lowest BCUT2D eigenvalue weighted by molar-refractivity contribution is 0.702. The van der Waals surface area contributed by atoms with E-state index in [1.165, 1.54) is 0 Å². The molecule has 0 bridgehead atoms. The lowest BCUT2D eigenvalue weighted by Gasteiger charge is -2.11. The molecule has 0 fully saturated rings. The van der Waals surface area contributed by atoms with Crippen LogP contribution in [-0.4, -0.2) is 9.55 Å². The number of pyridine rings is 2. The zero-order valence-electron chi connectivity index (χ0n) is 12.9. The molecule has 0 aliphatic heterocycles. The first-order valence-corrected chi connectivity index (χ1v) is 7.94. The summed E-state index contributed by atoms with van der Waals surface area (Å²) >= 11 is 5.95. The fraction of sp³-hybridized carbons (Fsp3) is 0.158. The van der Waals surface area contributed by atoms with Crippen molar-refractivity contribution in [3.8, 4) is 11.1 Å². The van der Waals surface area contributed by atoms with E-state index in [-0.39, 0.29) is 5.56 Å². The molecular weight excluding hydrogens is 308 g/mol. The molecule has 0 saturated heterocycles. The molecule has 3 rings (SSSR count). The van der Waals surface area contributed by atoms with Crippen LogP contribution in [0.1, 0.15) is 13.3 Å². The van der Waals surface area contributed by atoms with Gasteiger partial charge in [-0.15, -0.1) is 0 Å². The van der Waals surface area contributed by atoms with Gasteiger partial charge in [0.05, 0.1) is 0 Å². The van der Waals surface area contributed by atoms with Crippen molar-refractivity contribution < 1.29 is 0 Å². The van der Waals surface area contributed by atoms with Crippen molar-refractivity contribution in [1.82, 2.24) is 9.55 Å². The number of hydrogen-bond acceptors (Lipinski definition) is 2. The second-order valence-electron chi connectivity index (χ2n) is 5.30. The number of halogens is 1. The topological polar surface area (TPSA) is 34.9 Å². The van der Waals surface area contributed by atoms with Gasteiger partial charge in [-0.3, -0.25) is 9.36 Å². The van der Waals surface area contributed by atoms with E-state index in [0.29, 0.717) is 17.1 Å². The summed E-state index contributed by atoms with van der Waals surface area (Å²) in [5.41, 5.74) is 2.23. The lowest BCUT2D eigenvalue weighted by atomic mass is 10.1. The van der Waals surface area contributed by atoms with Gasteiger partial charge in [0.2, 0.25) is 0 Å². The van der Waals surface area contributed by atoms with Crippen molar-refractivity contribution in [2.24, 2.45) is 0 Å². The monoisotopic (exact) mass is 324 g/mol. The number of nitrogens with zero attached hydrogens (tertiary/aromatic N) is 2. The smallest absolute Gasteiger partial charge is 0.260 e. The van der Waals surface area contributed by atoms with Crippen molar-refractivity contribution in [3.63, 3.8) is 0 Å². The second kappa shape index (κ2) is 6.80. The minimum Gasteiger partial charge on any atom is -0.292 e. The van der Waals surface area contributed by atoms with Gasteiger partial charge in [0.1, 0.15) is 5.65 Å². The van der Waals surface area contributed by atoms with Gasteiger partial charge in [-0.25, -0.2) is 4.98 Å². The summed E-state index contributed by atoms with van der Waals surface area (Å²) in [6, 6.07) is 13.1. The highest BCUT2D eigenvalue weighted by molar-refractivity contribution is 6.30. The minimum atomic E-state index is -0.0250. The van der Waals surface area contributed by atoms with Crippen molar-refractivity contribution in [3.05, 3.63) is 76.2 Å². The Kier molecular flexibility index (Phi) is 4.58. The quantitative estimate of drug-likeness (QED) is 0.653. The van der Waals surface area contributed by atoms with Crippen LogP contribution in [0.15, 0.2) is 65.6 Å². The van der Waals surface area contributed by atoms with Crippen LogP contribution >= 0.6 is 11.6 Å². The number of aromatic nitrogens is 2. The van der Waals surface area contributed by atoms with Crippen LogP contribution in [0.2, 0.25) is 5.02 Å². The molecule has 3 nitrogen and oxygen atoms in total. The molecule has 0 unspecified atom stereocenters. The number of benzene rings is 1. The fourth-order valence-corrected chi connectivity index (χ4v) is 2.75. The Morgan fingerprint density at radius 1 is 1.22 bits per heavy atom. The zero-order valence-corrected chi connectivity index (χ0v) is 13.6. The van der Waals surface area contributed by atoms with Crippen LogP contribution in [-0.2, 0) is 6.54 Å². The summed E-state index contributed by atoms with van der Waals surface area (Å²) in [5.74, 6) is 0. The number of rotatable bonds is 4. The Morgan fingerprint density at radius 2 is 2.00 bits per heavy atom. The molecule has 0 saturated carbocycles. The molecule has 0 atom stereocenters. The van der Waals surface area contributed by atoms with Crippen molar-refractivity contribution in [2.45, 2.75) is 19.9 Å². The third-order valence-corrected chi connectivity index (χ3v) is 4.01. The van der Waals surface area contributed by atoms with E-state index in [9.17, 15) is 4.79 Å². The van der Waals surface area contributed by atoms with E-state index in [1.807, 2.05) is 43.3 Å². The van der Waals surface area contributed by atoms with Crippen LogP contribution in [0.4, 0.5) is 0 Å². The van der Waals surface area contributed by atoms with Gasteiger partial charge in [-0.2, -0.15) is 0 Å². The number of hydrogen-bond donors (Lipinski definition) is 0. The van der Waals surface area contributed by atoms with Crippen LogP contribution < -0.4 is 5.56 Å². The van der Waals surface area contributed by atoms with Gasteiger partial charge in [0, 0.05) is 28.7 Å². The van der Waals surface area contributed by atoms with Crippen LogP contribution in [0.25, 0.3) is 22.2 Å². The molecule has 2 aromatic heterocycles. The van der Waals surface area contributed by atoms with Gasteiger partial charge in [0.25, 0.3) is 5.56 Å². The molecule has 4 heteroatoms. The first-order chi connectivity index (χ1) is 11.2. The number of aryl methyl sites for hydroxylation is 1. The predicted molar refractivity (Wildman–Crippen MR) is 95.9 cm³/mol. The molecule has 0 aliphatic carbocycles. The molecule has 1 aromatic carbocycles. The summed E-state index contributed by atoms with van der Waals surface area (Å²) in [5, 5.41) is 1.61. The van der Waals surface area contributed by atoms with E-state index >= 15 is 0 Å². The second-order valence-corrected chi connectivity index (χ2v) is 5.73. The first-order valence-electron chi connectivity index (χ1n) is 7.56. The van der Waals surface area contributed by atoms with Crippen molar-refractivity contribution in [2.75, 3.05) is 0 Å². The highest BCUT2D eigenvalue weighted by atomic mass is 35.5. The largest absolute Gasteiger partial charge is 0.292 e. The summed E-state index contributed by atoms with van der Waals surface area (Å²) < 4.78 is 1.75. The third-order valence-electron chi connectivity index (χ3n) is 3.76. The Labute approximate surface area is 139 Å². The maximum Gasteiger partial charge on any atom is 0.260 e. The normalized spacial score (nSPS) is 11.4. The van der Waals surface area contributed by atoms with Gasteiger partial charge in [0.15, 0.2) is 0 Å². The molecule has 116 valence electrons. The molecule has 3 aromatic rings. The van der Waals surface area contributed by atoms with Crippen LogP contribution in [0.5, 0.6) is 0 Å². The molecule has 0 spiro atoms. The maximum absolute atomic E-state index is 12.9. The first kappa shape index (κ1) is 15.5. The molecule has 0 amide bonds. The molecule has 2 heterocycles. The summed E-state index contributed by atoms with van der Waals surface area (Å²) in [6.07, 6.45) is 6.56. The molecule has 0 aliphatic rings. The Bertz CT molecular complexity index is 911. The summed E-state index contributed by atoms with van der Waals surface area (Å²) in [6.45, 7) is 2.58. The predicted octanol–water partition coefficient (Wildman–Crippen LogP) is 4.68. The molecular formula is C19H17ClN2O. The fourth-order valence-electron chi connectivity index (χ4n) is 2.62. The van der Waals surface area contributed by atoms with Gasteiger partial charge in [-0.05, 0) is 49.2 Å². The highest BCUT2D eigenvalue weighted by Crippen LogP contribution is 2.22. The van der Waals surface area contributed by atoms with E-state index < -0.39 is 0 Å². The maximum atomic E-state index is 12.9. The lowest BCUT2D eigenvalue weighted by Crippen LogP contribution is -2.22. The van der Waals surface area contributed by atoms with Gasteiger partial charge < -0.3 is 0 Å². The highest BCUT2D eigenvalue weighted by Gasteiger charge is 2.11. The average Bonchev–Trinajstić information content (AvgIpc) is 2.57. The number of fused-ring (bicyclic) bond motifs is 1. The van der Waals surface area contributed by atoms with E-state index in [2.05, 4.69) is 11.1 Å². The number of allylic oxidation sites excluding steroid dienone is 2. The average molecular weight is 325 g/mol. The summed E-state index contributed by atoms with van der Waals surface area (Å²) in [4.78, 5) is 17.3.